The zero-order valence-corrected chi connectivity index (χ0v) is 11.0. The Balaban J connectivity index is 2.40. The van der Waals surface area contributed by atoms with Gasteiger partial charge in [0.1, 0.15) is 10.7 Å². The zero-order valence-electron chi connectivity index (χ0n) is 10.2. The summed E-state index contributed by atoms with van der Waals surface area (Å²) in [4.78, 5) is 8.36. The molecule has 4 nitrogen and oxygen atoms in total. The molecule has 2 rings (SSSR count). The van der Waals surface area contributed by atoms with E-state index in [9.17, 15) is 0 Å². The first-order valence-electron chi connectivity index (χ1n) is 5.44. The van der Waals surface area contributed by atoms with E-state index in [0.29, 0.717) is 11.6 Å². The van der Waals surface area contributed by atoms with Gasteiger partial charge in [-0.2, -0.15) is 0 Å². The average molecular weight is 259 g/mol. The van der Waals surface area contributed by atoms with Crippen molar-refractivity contribution in [1.82, 2.24) is 9.97 Å². The van der Waals surface area contributed by atoms with E-state index in [1.165, 1.54) is 6.20 Å². The highest BCUT2D eigenvalue weighted by Gasteiger charge is 2.11. The van der Waals surface area contributed by atoms with Crippen LogP contribution >= 0.6 is 12.2 Å². The van der Waals surface area contributed by atoms with E-state index < -0.39 is 0 Å². The molecule has 1 heterocycles. The first-order chi connectivity index (χ1) is 8.59. The number of thiocarbonyl (C=S) groups is 1. The van der Waals surface area contributed by atoms with Crippen LogP contribution in [0.2, 0.25) is 0 Å². The molecule has 1 aromatic carbocycles. The maximum Gasteiger partial charge on any atom is 0.248 e. The van der Waals surface area contributed by atoms with Gasteiger partial charge in [0.15, 0.2) is 5.69 Å². The number of hydrogen-bond donors (Lipinski definition) is 1. The molecular formula is C13H13N3OS. The van der Waals surface area contributed by atoms with Gasteiger partial charge in [0.2, 0.25) is 5.88 Å². The van der Waals surface area contributed by atoms with Gasteiger partial charge >= 0.3 is 0 Å². The van der Waals surface area contributed by atoms with Crippen LogP contribution in [0.4, 0.5) is 0 Å². The van der Waals surface area contributed by atoms with Gasteiger partial charge in [-0.1, -0.05) is 24.4 Å². The lowest BCUT2D eigenvalue weighted by Crippen LogP contribution is -2.13. The molecule has 2 aromatic rings. The van der Waals surface area contributed by atoms with E-state index >= 15 is 0 Å². The molecule has 0 aliphatic rings. The van der Waals surface area contributed by atoms with Crippen molar-refractivity contribution in [2.45, 2.75) is 13.8 Å². The summed E-state index contributed by atoms with van der Waals surface area (Å²) >= 11 is 4.92. The highest BCUT2D eigenvalue weighted by atomic mass is 32.1. The smallest absolute Gasteiger partial charge is 0.248 e. The summed E-state index contributed by atoms with van der Waals surface area (Å²) in [5.41, 5.74) is 8.18. The quantitative estimate of drug-likeness (QED) is 0.858. The number of hydrogen-bond acceptors (Lipinski definition) is 4. The van der Waals surface area contributed by atoms with E-state index in [0.717, 1.165) is 16.9 Å². The lowest BCUT2D eigenvalue weighted by molar-refractivity contribution is 0.455. The second-order valence-corrected chi connectivity index (χ2v) is 4.31. The first-order valence-corrected chi connectivity index (χ1v) is 5.85. The minimum atomic E-state index is 0.170. The molecule has 18 heavy (non-hydrogen) atoms. The SMILES string of the molecule is Cc1cccc(Oc2nccnc2C(N)=S)c1C. The molecule has 0 atom stereocenters. The van der Waals surface area contributed by atoms with Crippen LogP contribution in [0.5, 0.6) is 11.6 Å². The monoisotopic (exact) mass is 259 g/mol. The fourth-order valence-corrected chi connectivity index (χ4v) is 1.65. The van der Waals surface area contributed by atoms with Crippen LogP contribution in [0, 0.1) is 13.8 Å². The average Bonchev–Trinajstić information content (AvgIpc) is 2.35. The van der Waals surface area contributed by atoms with Crippen molar-refractivity contribution in [2.24, 2.45) is 5.73 Å². The van der Waals surface area contributed by atoms with E-state index in [4.69, 9.17) is 22.7 Å². The van der Waals surface area contributed by atoms with Crippen LogP contribution < -0.4 is 10.5 Å². The molecule has 0 radical (unpaired) electrons. The number of benzene rings is 1. The predicted molar refractivity (Wildman–Crippen MR) is 73.9 cm³/mol. The lowest BCUT2D eigenvalue weighted by Gasteiger charge is -2.11. The Morgan fingerprint density at radius 3 is 2.67 bits per heavy atom. The number of ether oxygens (including phenoxy) is 1. The second-order valence-electron chi connectivity index (χ2n) is 3.87. The number of nitrogens with two attached hydrogens (primary N) is 1. The molecule has 2 N–H and O–H groups in total. The summed E-state index contributed by atoms with van der Waals surface area (Å²) in [7, 11) is 0. The molecule has 0 spiro atoms. The Bertz CT molecular complexity index is 599. The number of aryl methyl sites for hydroxylation is 1. The minimum Gasteiger partial charge on any atom is -0.437 e. The van der Waals surface area contributed by atoms with Crippen molar-refractivity contribution in [3.8, 4) is 11.6 Å². The van der Waals surface area contributed by atoms with Crippen LogP contribution in [0.3, 0.4) is 0 Å². The highest BCUT2D eigenvalue weighted by molar-refractivity contribution is 7.80. The molecule has 0 saturated carbocycles. The van der Waals surface area contributed by atoms with Gasteiger partial charge in [0.05, 0.1) is 0 Å². The van der Waals surface area contributed by atoms with E-state index in [1.54, 1.807) is 6.20 Å². The van der Waals surface area contributed by atoms with Crippen LogP contribution in [-0.2, 0) is 0 Å². The van der Waals surface area contributed by atoms with Crippen LogP contribution in [0.1, 0.15) is 16.8 Å². The van der Waals surface area contributed by atoms with Crippen molar-refractivity contribution in [3.63, 3.8) is 0 Å². The summed E-state index contributed by atoms with van der Waals surface area (Å²) in [6.07, 6.45) is 3.08. The Morgan fingerprint density at radius 1 is 1.22 bits per heavy atom. The summed E-state index contributed by atoms with van der Waals surface area (Å²) in [5, 5.41) is 0. The van der Waals surface area contributed by atoms with Gasteiger partial charge in [-0.3, -0.25) is 0 Å². The molecule has 1 aromatic heterocycles. The molecule has 0 fully saturated rings. The van der Waals surface area contributed by atoms with Gasteiger partial charge in [-0.25, -0.2) is 9.97 Å². The van der Waals surface area contributed by atoms with Crippen LogP contribution in [0.25, 0.3) is 0 Å². The van der Waals surface area contributed by atoms with Crippen molar-refractivity contribution in [2.75, 3.05) is 0 Å². The Kier molecular flexibility index (Phi) is 3.53. The first kappa shape index (κ1) is 12.4. The molecule has 0 unspecified atom stereocenters. The Morgan fingerprint density at radius 2 is 1.94 bits per heavy atom. The van der Waals surface area contributed by atoms with E-state index in [2.05, 4.69) is 9.97 Å². The van der Waals surface area contributed by atoms with Crippen LogP contribution in [-0.4, -0.2) is 15.0 Å². The standard InChI is InChI=1S/C13H13N3OS/c1-8-4-3-5-10(9(8)2)17-13-11(12(14)18)15-6-7-16-13/h3-7H,1-2H3,(H2,14,18). The third kappa shape index (κ3) is 2.46. The minimum absolute atomic E-state index is 0.170. The molecule has 0 aliphatic heterocycles. The molecule has 0 saturated heterocycles. The Hall–Kier alpha value is -2.01. The van der Waals surface area contributed by atoms with Crippen molar-refractivity contribution in [3.05, 3.63) is 47.4 Å². The summed E-state index contributed by atoms with van der Waals surface area (Å²) in [6, 6.07) is 5.82. The Labute approximate surface area is 111 Å². The van der Waals surface area contributed by atoms with Gasteiger partial charge in [0.25, 0.3) is 0 Å². The van der Waals surface area contributed by atoms with Crippen molar-refractivity contribution in [1.29, 1.82) is 0 Å². The van der Waals surface area contributed by atoms with Gasteiger partial charge in [-0.05, 0) is 31.0 Å². The van der Waals surface area contributed by atoms with E-state index in [1.807, 2.05) is 32.0 Å². The largest absolute Gasteiger partial charge is 0.437 e. The van der Waals surface area contributed by atoms with Crippen LogP contribution in [0.15, 0.2) is 30.6 Å². The third-order valence-electron chi connectivity index (χ3n) is 2.66. The van der Waals surface area contributed by atoms with Gasteiger partial charge in [0, 0.05) is 12.4 Å². The maximum atomic E-state index is 5.74. The molecule has 0 bridgehead atoms. The normalized spacial score (nSPS) is 10.1. The number of nitrogens with zero attached hydrogens (tertiary/aromatic N) is 2. The molecule has 92 valence electrons. The topological polar surface area (TPSA) is 61.0 Å². The van der Waals surface area contributed by atoms with E-state index in [-0.39, 0.29) is 4.99 Å². The maximum absolute atomic E-state index is 5.74. The molecule has 0 aliphatic carbocycles. The zero-order chi connectivity index (χ0) is 13.1. The lowest BCUT2D eigenvalue weighted by atomic mass is 10.1. The predicted octanol–water partition coefficient (Wildman–Crippen LogP) is 2.52. The molecule has 0 amide bonds. The number of rotatable bonds is 3. The third-order valence-corrected chi connectivity index (χ3v) is 2.85. The summed E-state index contributed by atoms with van der Waals surface area (Å²) < 4.78 is 5.74. The van der Waals surface area contributed by atoms with Gasteiger partial charge in [-0.15, -0.1) is 0 Å². The summed E-state index contributed by atoms with van der Waals surface area (Å²) in [6.45, 7) is 4.01. The van der Waals surface area contributed by atoms with Gasteiger partial charge < -0.3 is 10.5 Å². The summed E-state index contributed by atoms with van der Waals surface area (Å²) in [5.74, 6) is 1.06. The molecule has 5 heteroatoms. The van der Waals surface area contributed by atoms with Crippen molar-refractivity contribution < 1.29 is 4.74 Å². The molecular weight excluding hydrogens is 246 g/mol. The highest BCUT2D eigenvalue weighted by Crippen LogP contribution is 2.26. The fraction of sp³-hybridized carbons (Fsp3) is 0.154. The fourth-order valence-electron chi connectivity index (χ4n) is 1.51. The van der Waals surface area contributed by atoms with Crippen molar-refractivity contribution >= 4 is 17.2 Å². The second kappa shape index (κ2) is 5.10. The number of aromatic nitrogens is 2.